The molecule has 2 aliphatic heterocycles. The highest BCUT2D eigenvalue weighted by Gasteiger charge is 2.35. The molecule has 2 rings (SSSR count). The van der Waals surface area contributed by atoms with Crippen molar-refractivity contribution in [1.82, 2.24) is 10.2 Å². The number of likely N-dealkylation sites (tertiary alicyclic amines) is 1. The topological polar surface area (TPSA) is 32.3 Å². The summed E-state index contributed by atoms with van der Waals surface area (Å²) in [7, 11) is 1.91. The van der Waals surface area contributed by atoms with Crippen LogP contribution in [0.2, 0.25) is 0 Å². The standard InChI is InChI=1S/C14H26N2OS/c1-14(2)5-6-16(9-11-4-7-18-10-11)13(17)12(8-14)15-3/h11-12,15H,4-10H2,1-3H3. The van der Waals surface area contributed by atoms with E-state index in [4.69, 9.17) is 0 Å². The molecule has 104 valence electrons. The highest BCUT2D eigenvalue weighted by molar-refractivity contribution is 7.99. The number of hydrogen-bond acceptors (Lipinski definition) is 3. The molecule has 1 N–H and O–H groups in total. The molecule has 0 aromatic carbocycles. The molecule has 2 atom stereocenters. The van der Waals surface area contributed by atoms with Gasteiger partial charge in [0.05, 0.1) is 6.04 Å². The van der Waals surface area contributed by atoms with Gasteiger partial charge in [-0.25, -0.2) is 0 Å². The van der Waals surface area contributed by atoms with Crippen LogP contribution in [0.25, 0.3) is 0 Å². The van der Waals surface area contributed by atoms with Crippen LogP contribution in [-0.2, 0) is 4.79 Å². The number of likely N-dealkylation sites (N-methyl/N-ethyl adjacent to an activating group) is 1. The SMILES string of the molecule is CNC1CC(C)(C)CCN(CC2CCSC2)C1=O. The predicted molar refractivity (Wildman–Crippen MR) is 77.9 cm³/mol. The first-order chi connectivity index (χ1) is 8.52. The van der Waals surface area contributed by atoms with Crippen LogP contribution in [0.1, 0.15) is 33.1 Å². The quantitative estimate of drug-likeness (QED) is 0.851. The van der Waals surface area contributed by atoms with E-state index in [1.165, 1.54) is 17.9 Å². The van der Waals surface area contributed by atoms with Crippen molar-refractivity contribution in [1.29, 1.82) is 0 Å². The van der Waals surface area contributed by atoms with Gasteiger partial charge >= 0.3 is 0 Å². The molecule has 2 fully saturated rings. The summed E-state index contributed by atoms with van der Waals surface area (Å²) in [5, 5.41) is 3.21. The highest BCUT2D eigenvalue weighted by Crippen LogP contribution is 2.32. The Morgan fingerprint density at radius 3 is 2.89 bits per heavy atom. The monoisotopic (exact) mass is 270 g/mol. The Hall–Kier alpha value is -0.220. The predicted octanol–water partition coefficient (Wildman–Crippen LogP) is 1.98. The van der Waals surface area contributed by atoms with Crippen LogP contribution in [0.4, 0.5) is 0 Å². The van der Waals surface area contributed by atoms with E-state index in [1.54, 1.807) is 0 Å². The molecule has 0 bridgehead atoms. The molecule has 0 aromatic heterocycles. The normalized spacial score (nSPS) is 32.6. The third kappa shape index (κ3) is 3.41. The van der Waals surface area contributed by atoms with E-state index in [0.717, 1.165) is 31.8 Å². The van der Waals surface area contributed by atoms with Gasteiger partial charge in [0.15, 0.2) is 0 Å². The summed E-state index contributed by atoms with van der Waals surface area (Å²) in [5.74, 6) is 3.54. The van der Waals surface area contributed by atoms with E-state index < -0.39 is 0 Å². The summed E-state index contributed by atoms with van der Waals surface area (Å²) in [6, 6.07) is 0.0107. The number of carbonyl (C=O) groups is 1. The molecule has 3 nitrogen and oxygen atoms in total. The van der Waals surface area contributed by atoms with Gasteiger partial charge in [-0.15, -0.1) is 0 Å². The van der Waals surface area contributed by atoms with Gasteiger partial charge in [0, 0.05) is 13.1 Å². The van der Waals surface area contributed by atoms with Crippen LogP contribution >= 0.6 is 11.8 Å². The Bertz CT molecular complexity index is 300. The van der Waals surface area contributed by atoms with Crippen molar-refractivity contribution in [3.05, 3.63) is 0 Å². The van der Waals surface area contributed by atoms with Crippen molar-refractivity contribution in [3.8, 4) is 0 Å². The third-order valence-corrected chi connectivity index (χ3v) is 5.51. The van der Waals surface area contributed by atoms with Crippen LogP contribution in [0.3, 0.4) is 0 Å². The molecule has 0 radical (unpaired) electrons. The molecule has 0 saturated carbocycles. The van der Waals surface area contributed by atoms with Crippen LogP contribution in [0.15, 0.2) is 0 Å². The van der Waals surface area contributed by atoms with Crippen molar-refractivity contribution in [2.75, 3.05) is 31.6 Å². The molecule has 18 heavy (non-hydrogen) atoms. The molecule has 1 amide bonds. The maximum atomic E-state index is 12.5. The van der Waals surface area contributed by atoms with E-state index in [-0.39, 0.29) is 11.5 Å². The molecular weight excluding hydrogens is 244 g/mol. The van der Waals surface area contributed by atoms with Gasteiger partial charge < -0.3 is 10.2 Å². The molecule has 4 heteroatoms. The summed E-state index contributed by atoms with van der Waals surface area (Å²) >= 11 is 2.03. The van der Waals surface area contributed by atoms with E-state index >= 15 is 0 Å². The molecular formula is C14H26N2OS. The first-order valence-electron chi connectivity index (χ1n) is 7.05. The summed E-state index contributed by atoms with van der Waals surface area (Å²) in [4.78, 5) is 14.6. The minimum atomic E-state index is 0.0107. The Labute approximate surface area is 115 Å². The fourth-order valence-corrected chi connectivity index (χ4v) is 4.23. The summed E-state index contributed by atoms with van der Waals surface area (Å²) in [6.07, 6.45) is 3.36. The number of thioether (sulfide) groups is 1. The number of hydrogen-bond donors (Lipinski definition) is 1. The van der Waals surface area contributed by atoms with Crippen LogP contribution in [-0.4, -0.2) is 48.5 Å². The zero-order chi connectivity index (χ0) is 13.2. The molecule has 2 saturated heterocycles. The van der Waals surface area contributed by atoms with Gasteiger partial charge in [0.2, 0.25) is 5.91 Å². The lowest BCUT2D eigenvalue weighted by atomic mass is 9.83. The Balaban J connectivity index is 2.02. The summed E-state index contributed by atoms with van der Waals surface area (Å²) in [6.45, 7) is 6.46. The summed E-state index contributed by atoms with van der Waals surface area (Å²) in [5.41, 5.74) is 0.266. The minimum absolute atomic E-state index is 0.0107. The van der Waals surface area contributed by atoms with Gasteiger partial charge in [0.25, 0.3) is 0 Å². The van der Waals surface area contributed by atoms with Crippen molar-refractivity contribution >= 4 is 17.7 Å². The maximum absolute atomic E-state index is 12.5. The third-order valence-electron chi connectivity index (χ3n) is 4.28. The van der Waals surface area contributed by atoms with Gasteiger partial charge in [-0.05, 0) is 49.1 Å². The highest BCUT2D eigenvalue weighted by atomic mass is 32.2. The van der Waals surface area contributed by atoms with E-state index in [2.05, 4.69) is 24.1 Å². The maximum Gasteiger partial charge on any atom is 0.239 e. The Morgan fingerprint density at radius 2 is 2.28 bits per heavy atom. The molecule has 2 unspecified atom stereocenters. The van der Waals surface area contributed by atoms with Crippen molar-refractivity contribution < 1.29 is 4.79 Å². The minimum Gasteiger partial charge on any atom is -0.341 e. The van der Waals surface area contributed by atoms with Crippen molar-refractivity contribution in [2.45, 2.75) is 39.2 Å². The van der Waals surface area contributed by atoms with Crippen LogP contribution in [0, 0.1) is 11.3 Å². The second-order valence-corrected chi connectivity index (χ2v) is 7.62. The average Bonchev–Trinajstić information content (AvgIpc) is 2.79. The molecule has 0 aliphatic carbocycles. The number of nitrogens with zero attached hydrogens (tertiary/aromatic N) is 1. The lowest BCUT2D eigenvalue weighted by Crippen LogP contribution is -2.46. The molecule has 2 heterocycles. The number of nitrogens with one attached hydrogen (secondary N) is 1. The first kappa shape index (κ1) is 14.2. The van der Waals surface area contributed by atoms with E-state index in [0.29, 0.717) is 5.91 Å². The van der Waals surface area contributed by atoms with Gasteiger partial charge in [-0.1, -0.05) is 13.8 Å². The number of rotatable bonds is 3. The fourth-order valence-electron chi connectivity index (χ4n) is 2.96. The molecule has 0 spiro atoms. The fraction of sp³-hybridized carbons (Fsp3) is 0.929. The van der Waals surface area contributed by atoms with Crippen molar-refractivity contribution in [2.24, 2.45) is 11.3 Å². The lowest BCUT2D eigenvalue weighted by Gasteiger charge is -2.26. The second-order valence-electron chi connectivity index (χ2n) is 6.47. The Kier molecular flexibility index (Phi) is 4.59. The lowest BCUT2D eigenvalue weighted by molar-refractivity contribution is -0.133. The van der Waals surface area contributed by atoms with Crippen LogP contribution in [0.5, 0.6) is 0 Å². The largest absolute Gasteiger partial charge is 0.341 e. The van der Waals surface area contributed by atoms with Gasteiger partial charge in [-0.2, -0.15) is 11.8 Å². The van der Waals surface area contributed by atoms with Crippen LogP contribution < -0.4 is 5.32 Å². The zero-order valence-electron chi connectivity index (χ0n) is 11.9. The van der Waals surface area contributed by atoms with E-state index in [1.807, 2.05) is 18.8 Å². The number of amides is 1. The average molecular weight is 270 g/mol. The zero-order valence-corrected chi connectivity index (χ0v) is 12.7. The Morgan fingerprint density at radius 1 is 1.50 bits per heavy atom. The summed E-state index contributed by atoms with van der Waals surface area (Å²) < 4.78 is 0. The van der Waals surface area contributed by atoms with E-state index in [9.17, 15) is 4.79 Å². The smallest absolute Gasteiger partial charge is 0.239 e. The van der Waals surface area contributed by atoms with Crippen molar-refractivity contribution in [3.63, 3.8) is 0 Å². The first-order valence-corrected chi connectivity index (χ1v) is 8.21. The molecule has 0 aromatic rings. The van der Waals surface area contributed by atoms with Gasteiger partial charge in [0.1, 0.15) is 0 Å². The molecule has 2 aliphatic rings. The van der Waals surface area contributed by atoms with Gasteiger partial charge in [-0.3, -0.25) is 4.79 Å². The number of carbonyl (C=O) groups excluding carboxylic acids is 1. The second kappa shape index (κ2) is 5.83.